The molecule has 160 valence electrons. The largest absolute Gasteiger partial charge is 0.496 e. The van der Waals surface area contributed by atoms with Crippen molar-refractivity contribution in [2.75, 3.05) is 27.2 Å². The summed E-state index contributed by atoms with van der Waals surface area (Å²) in [4.78, 5) is 41.4. The molecule has 1 atom stereocenters. The third-order valence-electron chi connectivity index (χ3n) is 6.19. The number of likely N-dealkylation sites (N-methyl/N-ethyl adjacent to an activating group) is 1. The first kappa shape index (κ1) is 20.3. The highest BCUT2D eigenvalue weighted by Crippen LogP contribution is 2.38. The topological polar surface area (TPSA) is 91.0 Å². The minimum absolute atomic E-state index is 0.0109. The molecular weight excluding hydrogens is 384 g/mol. The smallest absolute Gasteiger partial charge is 0.322 e. The molecule has 1 unspecified atom stereocenters. The summed E-state index contributed by atoms with van der Waals surface area (Å²) in [5.41, 5.74) is 1.84. The number of urea groups is 1. The SMILES string of the molecule is COc1ccccc1C1NC(=O)N(C)C2=C1C(=O)N(CC(=O)NC1CCCCC1)C2. The third kappa shape index (κ3) is 3.74. The van der Waals surface area contributed by atoms with Gasteiger partial charge >= 0.3 is 6.03 Å². The quantitative estimate of drug-likeness (QED) is 0.773. The molecule has 1 saturated carbocycles. The number of para-hydroxylation sites is 1. The Hall–Kier alpha value is -3.03. The van der Waals surface area contributed by atoms with E-state index < -0.39 is 6.04 Å². The van der Waals surface area contributed by atoms with E-state index >= 15 is 0 Å². The number of nitrogens with zero attached hydrogens (tertiary/aromatic N) is 2. The molecule has 0 saturated heterocycles. The van der Waals surface area contributed by atoms with Crippen LogP contribution in [0.15, 0.2) is 35.5 Å². The van der Waals surface area contributed by atoms with E-state index in [-0.39, 0.29) is 37.0 Å². The van der Waals surface area contributed by atoms with Crippen molar-refractivity contribution in [3.05, 3.63) is 41.1 Å². The lowest BCUT2D eigenvalue weighted by Crippen LogP contribution is -2.45. The molecule has 0 bridgehead atoms. The van der Waals surface area contributed by atoms with Crippen LogP contribution in [0.2, 0.25) is 0 Å². The van der Waals surface area contributed by atoms with E-state index in [0.717, 1.165) is 31.2 Å². The zero-order valence-electron chi connectivity index (χ0n) is 17.4. The van der Waals surface area contributed by atoms with Crippen LogP contribution in [-0.4, -0.2) is 60.9 Å². The molecule has 4 amide bonds. The maximum Gasteiger partial charge on any atom is 0.322 e. The third-order valence-corrected chi connectivity index (χ3v) is 6.19. The molecular formula is C22H28N4O4. The van der Waals surface area contributed by atoms with E-state index in [9.17, 15) is 14.4 Å². The van der Waals surface area contributed by atoms with Crippen molar-refractivity contribution in [2.45, 2.75) is 44.2 Å². The van der Waals surface area contributed by atoms with Gasteiger partial charge < -0.3 is 20.3 Å². The molecule has 0 radical (unpaired) electrons. The van der Waals surface area contributed by atoms with Gasteiger partial charge in [-0.25, -0.2) is 4.79 Å². The Kier molecular flexibility index (Phi) is 5.65. The van der Waals surface area contributed by atoms with Gasteiger partial charge in [0.25, 0.3) is 5.91 Å². The number of rotatable bonds is 5. The Morgan fingerprint density at radius 1 is 1.20 bits per heavy atom. The summed E-state index contributed by atoms with van der Waals surface area (Å²) < 4.78 is 5.44. The summed E-state index contributed by atoms with van der Waals surface area (Å²) in [6.45, 7) is 0.227. The van der Waals surface area contributed by atoms with Gasteiger partial charge in [0.2, 0.25) is 5.91 Å². The summed E-state index contributed by atoms with van der Waals surface area (Å²) in [7, 11) is 3.20. The van der Waals surface area contributed by atoms with Gasteiger partial charge in [-0.2, -0.15) is 0 Å². The number of benzene rings is 1. The zero-order valence-corrected chi connectivity index (χ0v) is 17.4. The minimum Gasteiger partial charge on any atom is -0.496 e. The van der Waals surface area contributed by atoms with Crippen molar-refractivity contribution in [1.82, 2.24) is 20.4 Å². The highest BCUT2D eigenvalue weighted by atomic mass is 16.5. The number of methoxy groups -OCH3 is 1. The number of hydrogen-bond donors (Lipinski definition) is 2. The van der Waals surface area contributed by atoms with Crippen molar-refractivity contribution < 1.29 is 19.1 Å². The fourth-order valence-corrected chi connectivity index (χ4v) is 4.58. The number of hydrogen-bond acceptors (Lipinski definition) is 4. The fraction of sp³-hybridized carbons (Fsp3) is 0.500. The molecule has 8 nitrogen and oxygen atoms in total. The van der Waals surface area contributed by atoms with Crippen LogP contribution in [0.1, 0.15) is 43.7 Å². The van der Waals surface area contributed by atoms with E-state index in [1.54, 1.807) is 20.2 Å². The van der Waals surface area contributed by atoms with E-state index in [2.05, 4.69) is 10.6 Å². The lowest BCUT2D eigenvalue weighted by atomic mass is 9.95. The van der Waals surface area contributed by atoms with Crippen LogP contribution in [0.25, 0.3) is 0 Å². The first-order chi connectivity index (χ1) is 14.5. The molecule has 4 rings (SSSR count). The van der Waals surface area contributed by atoms with Crippen molar-refractivity contribution in [1.29, 1.82) is 0 Å². The van der Waals surface area contributed by atoms with Crippen LogP contribution in [0.4, 0.5) is 4.79 Å². The molecule has 1 aromatic carbocycles. The molecule has 30 heavy (non-hydrogen) atoms. The van der Waals surface area contributed by atoms with Gasteiger partial charge in [-0.1, -0.05) is 37.5 Å². The van der Waals surface area contributed by atoms with Gasteiger partial charge in [0.1, 0.15) is 12.3 Å². The molecule has 3 aliphatic rings. The van der Waals surface area contributed by atoms with Crippen LogP contribution < -0.4 is 15.4 Å². The number of nitrogens with one attached hydrogen (secondary N) is 2. The summed E-state index contributed by atoms with van der Waals surface area (Å²) in [5.74, 6) is 0.220. The lowest BCUT2D eigenvalue weighted by molar-refractivity contribution is -0.132. The van der Waals surface area contributed by atoms with Gasteiger partial charge in [-0.3, -0.25) is 14.5 Å². The van der Waals surface area contributed by atoms with Crippen molar-refractivity contribution in [3.63, 3.8) is 0 Å². The molecule has 1 aromatic rings. The van der Waals surface area contributed by atoms with Crippen molar-refractivity contribution in [2.24, 2.45) is 0 Å². The number of ether oxygens (including phenoxy) is 1. The molecule has 2 aliphatic heterocycles. The average Bonchev–Trinajstić information content (AvgIpc) is 3.07. The monoisotopic (exact) mass is 412 g/mol. The van der Waals surface area contributed by atoms with Gasteiger partial charge in [0, 0.05) is 18.7 Å². The van der Waals surface area contributed by atoms with E-state index in [0.29, 0.717) is 17.0 Å². The van der Waals surface area contributed by atoms with E-state index in [4.69, 9.17) is 4.74 Å². The molecule has 0 spiro atoms. The lowest BCUT2D eigenvalue weighted by Gasteiger charge is -2.31. The molecule has 2 heterocycles. The van der Waals surface area contributed by atoms with Gasteiger partial charge in [-0.15, -0.1) is 0 Å². The van der Waals surface area contributed by atoms with E-state index in [1.807, 2.05) is 18.2 Å². The Morgan fingerprint density at radius 2 is 1.93 bits per heavy atom. The minimum atomic E-state index is -0.612. The summed E-state index contributed by atoms with van der Waals surface area (Å²) >= 11 is 0. The average molecular weight is 412 g/mol. The first-order valence-electron chi connectivity index (χ1n) is 10.5. The number of amides is 4. The second kappa shape index (κ2) is 8.38. The Bertz CT molecular complexity index is 891. The number of carbonyl (C=O) groups is 3. The molecule has 8 heteroatoms. The van der Waals surface area contributed by atoms with Gasteiger partial charge in [0.05, 0.1) is 31.0 Å². The first-order valence-corrected chi connectivity index (χ1v) is 10.5. The number of carbonyl (C=O) groups excluding carboxylic acids is 3. The molecule has 2 N–H and O–H groups in total. The van der Waals surface area contributed by atoms with Crippen molar-refractivity contribution >= 4 is 17.8 Å². The summed E-state index contributed by atoms with van der Waals surface area (Å²) in [6, 6.07) is 6.62. The second-order valence-corrected chi connectivity index (χ2v) is 8.11. The van der Waals surface area contributed by atoms with Crippen molar-refractivity contribution in [3.8, 4) is 5.75 Å². The zero-order chi connectivity index (χ0) is 21.3. The fourth-order valence-electron chi connectivity index (χ4n) is 4.58. The van der Waals surface area contributed by atoms with Gasteiger partial charge in [-0.05, 0) is 18.9 Å². The normalized spacial score (nSPS) is 22.1. The highest BCUT2D eigenvalue weighted by Gasteiger charge is 2.44. The standard InChI is InChI=1S/C22H28N4O4/c1-25-16-12-26(13-18(27)23-14-8-4-3-5-9-14)21(28)19(16)20(24-22(25)29)15-10-6-7-11-17(15)30-2/h6-7,10-11,14,20H,3-5,8-9,12-13H2,1-2H3,(H,23,27)(H,24,29). The Balaban J connectivity index is 1.54. The van der Waals surface area contributed by atoms with Crippen LogP contribution >= 0.6 is 0 Å². The summed E-state index contributed by atoms with van der Waals surface area (Å²) in [5, 5.41) is 5.96. The van der Waals surface area contributed by atoms with E-state index in [1.165, 1.54) is 16.2 Å². The molecule has 1 aliphatic carbocycles. The summed E-state index contributed by atoms with van der Waals surface area (Å²) in [6.07, 6.45) is 5.45. The maximum atomic E-state index is 13.3. The predicted molar refractivity (Wildman–Crippen MR) is 111 cm³/mol. The Morgan fingerprint density at radius 3 is 2.67 bits per heavy atom. The maximum absolute atomic E-state index is 13.3. The molecule has 0 aromatic heterocycles. The second-order valence-electron chi connectivity index (χ2n) is 8.11. The highest BCUT2D eigenvalue weighted by molar-refractivity contribution is 6.03. The van der Waals surface area contributed by atoms with Gasteiger partial charge in [0.15, 0.2) is 0 Å². The van der Waals surface area contributed by atoms with Crippen LogP contribution in [0.3, 0.4) is 0 Å². The predicted octanol–water partition coefficient (Wildman–Crippen LogP) is 1.94. The molecule has 1 fully saturated rings. The van der Waals surface area contributed by atoms with Crippen LogP contribution in [0.5, 0.6) is 5.75 Å². The Labute approximate surface area is 176 Å². The van der Waals surface area contributed by atoms with Crippen LogP contribution in [0, 0.1) is 0 Å². The van der Waals surface area contributed by atoms with Crippen LogP contribution in [-0.2, 0) is 9.59 Å².